The summed E-state index contributed by atoms with van der Waals surface area (Å²) in [6.07, 6.45) is 3.92. The quantitative estimate of drug-likeness (QED) is 0.542. The molecule has 0 bridgehead atoms. The minimum atomic E-state index is -0.632. The third-order valence-corrected chi connectivity index (χ3v) is 4.69. The van der Waals surface area contributed by atoms with Gasteiger partial charge in [0.1, 0.15) is 18.0 Å². The van der Waals surface area contributed by atoms with Crippen LogP contribution in [0.1, 0.15) is 20.8 Å². The molecule has 0 atom stereocenters. The molecule has 3 N–H and O–H groups in total. The van der Waals surface area contributed by atoms with Gasteiger partial charge in [-0.2, -0.15) is 0 Å². The summed E-state index contributed by atoms with van der Waals surface area (Å²) < 4.78 is 1.12. The Bertz CT molecular complexity index is 1230. The van der Waals surface area contributed by atoms with E-state index in [1.165, 1.54) is 30.9 Å². The van der Waals surface area contributed by atoms with Gasteiger partial charge in [-0.3, -0.25) is 23.9 Å². The molecule has 0 aliphatic heterocycles. The van der Waals surface area contributed by atoms with Crippen LogP contribution in [0.5, 0.6) is 5.75 Å². The fourth-order valence-corrected chi connectivity index (χ4v) is 2.85. The van der Waals surface area contributed by atoms with Crippen molar-refractivity contribution in [3.63, 3.8) is 0 Å². The second-order valence-electron chi connectivity index (χ2n) is 8.08. The van der Waals surface area contributed by atoms with Crippen molar-refractivity contribution in [2.45, 2.75) is 27.3 Å². The van der Waals surface area contributed by atoms with E-state index in [-0.39, 0.29) is 23.9 Å². The van der Waals surface area contributed by atoms with Crippen molar-refractivity contribution in [1.82, 2.24) is 14.5 Å². The van der Waals surface area contributed by atoms with Crippen LogP contribution in [0.15, 0.2) is 53.8 Å². The Hall–Kier alpha value is -3.72. The highest BCUT2D eigenvalue weighted by molar-refractivity contribution is 6.31. The molecule has 2 amide bonds. The van der Waals surface area contributed by atoms with Crippen LogP contribution in [0.3, 0.4) is 0 Å². The third kappa shape index (κ3) is 5.50. The number of halogens is 1. The minimum absolute atomic E-state index is 0.135. The lowest BCUT2D eigenvalue weighted by molar-refractivity contribution is -0.123. The average Bonchev–Trinajstić information content (AvgIpc) is 2.71. The molecule has 32 heavy (non-hydrogen) atoms. The standard InChI is InChI=1S/C22H22ClN5O4/c1-22(2,3)21(32)27-16-8-13(23)4-5-14(16)15-9-20(31)28(12-25-15)11-19(30)26-17-10-24-7-6-18(17)29/h4-10,12H,11H2,1-3H3,(H,24,29)(H,26,30)(H,27,32). The molecule has 1 aromatic carbocycles. The highest BCUT2D eigenvalue weighted by atomic mass is 35.5. The van der Waals surface area contributed by atoms with Crippen LogP contribution >= 0.6 is 11.6 Å². The number of carbonyl (C=O) groups excluding carboxylic acids is 2. The van der Waals surface area contributed by atoms with Crippen LogP contribution in [0.25, 0.3) is 11.3 Å². The van der Waals surface area contributed by atoms with Crippen LogP contribution < -0.4 is 16.2 Å². The van der Waals surface area contributed by atoms with Crippen molar-refractivity contribution in [2.24, 2.45) is 5.41 Å². The van der Waals surface area contributed by atoms with E-state index >= 15 is 0 Å². The van der Waals surface area contributed by atoms with Crippen molar-refractivity contribution in [3.8, 4) is 17.0 Å². The van der Waals surface area contributed by atoms with E-state index in [9.17, 15) is 19.5 Å². The topological polar surface area (TPSA) is 126 Å². The first-order valence-electron chi connectivity index (χ1n) is 9.65. The van der Waals surface area contributed by atoms with Gasteiger partial charge < -0.3 is 15.7 Å². The molecule has 9 nitrogen and oxygen atoms in total. The summed E-state index contributed by atoms with van der Waals surface area (Å²) in [5.74, 6) is -0.888. The second kappa shape index (κ2) is 9.19. The zero-order valence-corrected chi connectivity index (χ0v) is 18.5. The van der Waals surface area contributed by atoms with Gasteiger partial charge in [0, 0.05) is 34.3 Å². The zero-order chi connectivity index (χ0) is 23.5. The Morgan fingerprint density at radius 1 is 1.12 bits per heavy atom. The smallest absolute Gasteiger partial charge is 0.254 e. The fourth-order valence-electron chi connectivity index (χ4n) is 2.67. The molecule has 3 aromatic rings. The molecule has 0 aliphatic rings. The molecule has 0 fully saturated rings. The van der Waals surface area contributed by atoms with Gasteiger partial charge in [-0.25, -0.2) is 4.98 Å². The molecule has 166 valence electrons. The normalized spacial score (nSPS) is 11.1. The number of aromatic nitrogens is 3. The van der Waals surface area contributed by atoms with E-state index in [0.29, 0.717) is 22.0 Å². The van der Waals surface area contributed by atoms with E-state index in [1.54, 1.807) is 39.0 Å². The van der Waals surface area contributed by atoms with Crippen molar-refractivity contribution in [2.75, 3.05) is 10.6 Å². The van der Waals surface area contributed by atoms with Gasteiger partial charge in [0.05, 0.1) is 23.9 Å². The lowest BCUT2D eigenvalue weighted by Crippen LogP contribution is -2.28. The summed E-state index contributed by atoms with van der Waals surface area (Å²) >= 11 is 6.09. The van der Waals surface area contributed by atoms with Crippen molar-refractivity contribution >= 4 is 34.8 Å². The lowest BCUT2D eigenvalue weighted by atomic mass is 9.95. The first-order valence-corrected chi connectivity index (χ1v) is 10.0. The highest BCUT2D eigenvalue weighted by Gasteiger charge is 2.23. The van der Waals surface area contributed by atoms with Gasteiger partial charge in [-0.05, 0) is 18.2 Å². The largest absolute Gasteiger partial charge is 0.506 e. The maximum absolute atomic E-state index is 12.6. The number of nitrogens with one attached hydrogen (secondary N) is 2. The number of pyridine rings is 1. The molecule has 0 spiro atoms. The maximum Gasteiger partial charge on any atom is 0.254 e. The van der Waals surface area contributed by atoms with Crippen LogP contribution in [0.2, 0.25) is 5.02 Å². The van der Waals surface area contributed by atoms with Crippen molar-refractivity contribution < 1.29 is 14.7 Å². The van der Waals surface area contributed by atoms with Gasteiger partial charge in [-0.1, -0.05) is 32.4 Å². The predicted octanol–water partition coefficient (Wildman–Crippen LogP) is 3.29. The monoisotopic (exact) mass is 455 g/mol. The minimum Gasteiger partial charge on any atom is -0.506 e. The molecule has 0 radical (unpaired) electrons. The molecular weight excluding hydrogens is 434 g/mol. The van der Waals surface area contributed by atoms with E-state index in [1.807, 2.05) is 0 Å². The molecule has 2 heterocycles. The van der Waals surface area contributed by atoms with Gasteiger partial charge in [-0.15, -0.1) is 0 Å². The van der Waals surface area contributed by atoms with Gasteiger partial charge >= 0.3 is 0 Å². The Kier molecular flexibility index (Phi) is 6.59. The lowest BCUT2D eigenvalue weighted by Gasteiger charge is -2.19. The van der Waals surface area contributed by atoms with E-state index in [4.69, 9.17) is 11.6 Å². The van der Waals surface area contributed by atoms with Crippen LogP contribution in [0.4, 0.5) is 11.4 Å². The fraction of sp³-hybridized carbons (Fsp3) is 0.227. The molecule has 0 aliphatic carbocycles. The number of benzene rings is 1. The Balaban J connectivity index is 1.84. The van der Waals surface area contributed by atoms with Crippen LogP contribution in [-0.4, -0.2) is 31.5 Å². The average molecular weight is 456 g/mol. The molecule has 0 unspecified atom stereocenters. The number of hydrogen-bond donors (Lipinski definition) is 3. The zero-order valence-electron chi connectivity index (χ0n) is 17.7. The Labute approximate surface area is 189 Å². The first-order chi connectivity index (χ1) is 15.0. The van der Waals surface area contributed by atoms with Crippen LogP contribution in [0, 0.1) is 5.41 Å². The predicted molar refractivity (Wildman–Crippen MR) is 122 cm³/mol. The summed E-state index contributed by atoms with van der Waals surface area (Å²) in [5, 5.41) is 15.4. The highest BCUT2D eigenvalue weighted by Crippen LogP contribution is 2.30. The first kappa shape index (κ1) is 23.0. The summed E-state index contributed by atoms with van der Waals surface area (Å²) in [6, 6.07) is 7.47. The van der Waals surface area contributed by atoms with Crippen LogP contribution in [-0.2, 0) is 16.1 Å². The number of amides is 2. The van der Waals surface area contributed by atoms with E-state index < -0.39 is 16.9 Å². The summed E-state index contributed by atoms with van der Waals surface area (Å²) in [5.41, 5.74) is 0.288. The Morgan fingerprint density at radius 3 is 2.53 bits per heavy atom. The SMILES string of the molecule is CC(C)(C)C(=O)Nc1cc(Cl)ccc1-c1cc(=O)n(CC(=O)Nc2cnccc2O)cn1. The number of hydrogen-bond acceptors (Lipinski definition) is 6. The molecule has 2 aromatic heterocycles. The number of nitrogens with zero attached hydrogens (tertiary/aromatic N) is 3. The van der Waals surface area contributed by atoms with E-state index in [0.717, 1.165) is 4.57 Å². The molecule has 10 heteroatoms. The molecule has 3 rings (SSSR count). The summed E-state index contributed by atoms with van der Waals surface area (Å²) in [4.78, 5) is 45.4. The molecular formula is C22H22ClN5O4. The number of carbonyl (C=O) groups is 2. The number of rotatable bonds is 5. The summed E-state index contributed by atoms with van der Waals surface area (Å²) in [6.45, 7) is 5.03. The van der Waals surface area contributed by atoms with Crippen molar-refractivity contribution in [3.05, 3.63) is 64.4 Å². The van der Waals surface area contributed by atoms with Gasteiger partial charge in [0.25, 0.3) is 5.56 Å². The Morgan fingerprint density at radius 2 is 1.88 bits per heavy atom. The summed E-state index contributed by atoms with van der Waals surface area (Å²) in [7, 11) is 0. The van der Waals surface area contributed by atoms with E-state index in [2.05, 4.69) is 20.6 Å². The second-order valence-corrected chi connectivity index (χ2v) is 8.51. The van der Waals surface area contributed by atoms with Gasteiger partial charge in [0.2, 0.25) is 11.8 Å². The van der Waals surface area contributed by atoms with Gasteiger partial charge in [0.15, 0.2) is 0 Å². The number of aromatic hydroxyl groups is 1. The van der Waals surface area contributed by atoms with Crippen molar-refractivity contribution in [1.29, 1.82) is 0 Å². The maximum atomic E-state index is 12.6. The third-order valence-electron chi connectivity index (χ3n) is 4.45. The number of anilines is 2. The molecule has 0 saturated heterocycles. The molecule has 0 saturated carbocycles.